The molecule has 1 rings (SSSR count). The predicted molar refractivity (Wildman–Crippen MR) is 44.8 cm³/mol. The highest BCUT2D eigenvalue weighted by molar-refractivity contribution is 7.80. The van der Waals surface area contributed by atoms with E-state index in [2.05, 4.69) is 10.2 Å². The van der Waals surface area contributed by atoms with Gasteiger partial charge in [-0.3, -0.25) is 0 Å². The van der Waals surface area contributed by atoms with E-state index in [1.165, 1.54) is 0 Å². The fourth-order valence-corrected chi connectivity index (χ4v) is 0.833. The zero-order valence-electron chi connectivity index (χ0n) is 5.44. The van der Waals surface area contributed by atoms with Crippen LogP contribution >= 0.6 is 12.2 Å². The third-order valence-corrected chi connectivity index (χ3v) is 2.05. The first-order valence-electron chi connectivity index (χ1n) is 2.70. The summed E-state index contributed by atoms with van der Waals surface area (Å²) in [6.07, 6.45) is 1.60. The molecule has 0 amide bonds. The second kappa shape index (κ2) is 3.38. The molecule has 0 aliphatic heterocycles. The lowest BCUT2D eigenvalue weighted by molar-refractivity contribution is 0.627. The Morgan fingerprint density at radius 1 is 1.70 bits per heavy atom. The van der Waals surface area contributed by atoms with E-state index in [1.807, 2.05) is 0 Å². The van der Waals surface area contributed by atoms with Crippen LogP contribution in [0.5, 0.6) is 0 Å². The van der Waals surface area contributed by atoms with Gasteiger partial charge in [0.25, 0.3) is 0 Å². The summed E-state index contributed by atoms with van der Waals surface area (Å²) in [6.45, 7) is 0. The molecule has 52 valence electrons. The van der Waals surface area contributed by atoms with E-state index in [9.17, 15) is 0 Å². The van der Waals surface area contributed by atoms with Crippen LogP contribution in [0.3, 0.4) is 0 Å². The maximum absolute atomic E-state index is 4.90. The Morgan fingerprint density at radius 3 is 3.00 bits per heavy atom. The topological polar surface area (TPSA) is 35.0 Å². The SMILES string of the molecule is [SiH3]OC(=S)c1cccnn1. The molecule has 0 atom stereocenters. The van der Waals surface area contributed by atoms with Crippen molar-refractivity contribution in [3.05, 3.63) is 24.0 Å². The van der Waals surface area contributed by atoms with E-state index >= 15 is 0 Å². The lowest BCUT2D eigenvalue weighted by atomic mass is 10.4. The lowest BCUT2D eigenvalue weighted by Crippen LogP contribution is -2.03. The van der Waals surface area contributed by atoms with Gasteiger partial charge in [-0.2, -0.15) is 5.10 Å². The van der Waals surface area contributed by atoms with Crippen LogP contribution in [0.4, 0.5) is 0 Å². The molecule has 0 aromatic carbocycles. The van der Waals surface area contributed by atoms with Gasteiger partial charge in [0, 0.05) is 6.20 Å². The van der Waals surface area contributed by atoms with Crippen molar-refractivity contribution >= 4 is 27.8 Å². The molecule has 0 radical (unpaired) electrons. The van der Waals surface area contributed by atoms with Crippen LogP contribution in [-0.2, 0) is 4.43 Å². The van der Waals surface area contributed by atoms with Gasteiger partial charge in [-0.05, 0) is 24.4 Å². The molecular formula is C5H6N2OSSi. The van der Waals surface area contributed by atoms with Gasteiger partial charge < -0.3 is 4.43 Å². The van der Waals surface area contributed by atoms with Gasteiger partial charge in [-0.1, -0.05) is 0 Å². The zero-order chi connectivity index (χ0) is 7.40. The van der Waals surface area contributed by atoms with Gasteiger partial charge in [-0.15, -0.1) is 5.10 Å². The summed E-state index contributed by atoms with van der Waals surface area (Å²) in [5.74, 6) is 0. The predicted octanol–water partition coefficient (Wildman–Crippen LogP) is -0.551. The van der Waals surface area contributed by atoms with E-state index in [0.29, 0.717) is 21.2 Å². The number of thiocarbonyl (C=S) groups is 1. The van der Waals surface area contributed by atoms with Crippen molar-refractivity contribution in [3.63, 3.8) is 0 Å². The molecule has 0 fully saturated rings. The van der Waals surface area contributed by atoms with Crippen molar-refractivity contribution in [2.24, 2.45) is 0 Å². The molecule has 0 saturated heterocycles. The van der Waals surface area contributed by atoms with Crippen LogP contribution in [0.15, 0.2) is 18.3 Å². The first-order valence-corrected chi connectivity index (χ1v) is 3.93. The largest absolute Gasteiger partial charge is 0.544 e. The molecule has 0 unspecified atom stereocenters. The van der Waals surface area contributed by atoms with Crippen LogP contribution in [0.25, 0.3) is 0 Å². The first-order chi connectivity index (χ1) is 4.84. The Morgan fingerprint density at radius 2 is 2.50 bits per heavy atom. The van der Waals surface area contributed by atoms with Crippen molar-refractivity contribution in [1.82, 2.24) is 10.2 Å². The maximum Gasteiger partial charge on any atom is 0.205 e. The van der Waals surface area contributed by atoms with Crippen molar-refractivity contribution in [2.45, 2.75) is 0 Å². The normalized spacial score (nSPS) is 9.20. The second-order valence-corrected chi connectivity index (χ2v) is 2.38. The molecule has 0 spiro atoms. The highest BCUT2D eigenvalue weighted by atomic mass is 32.1. The van der Waals surface area contributed by atoms with Crippen LogP contribution < -0.4 is 0 Å². The summed E-state index contributed by atoms with van der Waals surface area (Å²) < 4.78 is 4.90. The van der Waals surface area contributed by atoms with Gasteiger partial charge in [0.1, 0.15) is 5.69 Å². The number of hydrogen-bond acceptors (Lipinski definition) is 4. The third kappa shape index (κ3) is 1.58. The maximum atomic E-state index is 4.90. The van der Waals surface area contributed by atoms with Gasteiger partial charge in [0.15, 0.2) is 5.05 Å². The zero-order valence-corrected chi connectivity index (χ0v) is 8.26. The standard InChI is InChI=1S/C5H6N2OSSi/c9-5(8-10)4-2-1-3-6-7-4/h1-3H,10H3. The Kier molecular flexibility index (Phi) is 2.47. The van der Waals surface area contributed by atoms with E-state index in [1.54, 1.807) is 18.3 Å². The van der Waals surface area contributed by atoms with E-state index in [0.717, 1.165) is 0 Å². The lowest BCUT2D eigenvalue weighted by Gasteiger charge is -1.98. The van der Waals surface area contributed by atoms with Crippen LogP contribution in [0.2, 0.25) is 0 Å². The van der Waals surface area contributed by atoms with E-state index in [4.69, 9.17) is 16.6 Å². The number of aromatic nitrogens is 2. The molecule has 1 aromatic heterocycles. The molecule has 3 nitrogen and oxygen atoms in total. The van der Waals surface area contributed by atoms with Crippen LogP contribution in [0.1, 0.15) is 5.69 Å². The Hall–Kier alpha value is -0.813. The van der Waals surface area contributed by atoms with Crippen molar-refractivity contribution < 1.29 is 4.43 Å². The van der Waals surface area contributed by atoms with Gasteiger partial charge in [0.2, 0.25) is 10.5 Å². The summed E-state index contributed by atoms with van der Waals surface area (Å²) in [6, 6.07) is 3.54. The van der Waals surface area contributed by atoms with Crippen molar-refractivity contribution in [3.8, 4) is 0 Å². The van der Waals surface area contributed by atoms with E-state index in [-0.39, 0.29) is 0 Å². The summed E-state index contributed by atoms with van der Waals surface area (Å²) in [4.78, 5) is 0. The monoisotopic (exact) mass is 170 g/mol. The van der Waals surface area contributed by atoms with Gasteiger partial charge in [-0.25, -0.2) is 0 Å². The Labute approximate surface area is 67.0 Å². The minimum absolute atomic E-state index is 0.430. The number of nitrogens with zero attached hydrogens (tertiary/aromatic N) is 2. The highest BCUT2D eigenvalue weighted by Gasteiger charge is 1.98. The van der Waals surface area contributed by atoms with Crippen molar-refractivity contribution in [1.29, 1.82) is 0 Å². The molecule has 0 aliphatic carbocycles. The molecule has 5 heteroatoms. The van der Waals surface area contributed by atoms with Crippen LogP contribution in [-0.4, -0.2) is 25.7 Å². The Balaban J connectivity index is 2.85. The minimum Gasteiger partial charge on any atom is -0.544 e. The molecule has 10 heavy (non-hydrogen) atoms. The van der Waals surface area contributed by atoms with Gasteiger partial charge in [0.05, 0.1) is 0 Å². The molecule has 0 bridgehead atoms. The summed E-state index contributed by atoms with van der Waals surface area (Å²) in [5, 5.41) is 7.84. The summed E-state index contributed by atoms with van der Waals surface area (Å²) >= 11 is 4.83. The molecule has 0 saturated carbocycles. The molecule has 0 aliphatic rings. The first kappa shape index (κ1) is 7.30. The van der Waals surface area contributed by atoms with Crippen LogP contribution in [0, 0.1) is 0 Å². The highest BCUT2D eigenvalue weighted by Crippen LogP contribution is 1.93. The molecule has 1 aromatic rings. The average Bonchev–Trinajstić information content (AvgIpc) is 2.05. The van der Waals surface area contributed by atoms with E-state index < -0.39 is 0 Å². The second-order valence-electron chi connectivity index (χ2n) is 1.60. The fourth-order valence-electron chi connectivity index (χ4n) is 0.515. The summed E-state index contributed by atoms with van der Waals surface area (Å²) in [7, 11) is 0.599. The average molecular weight is 170 g/mol. The molecular weight excluding hydrogens is 164 g/mol. The number of rotatable bonds is 1. The fraction of sp³-hybridized carbons (Fsp3) is 0. The quantitative estimate of drug-likeness (QED) is 0.418. The van der Waals surface area contributed by atoms with Crippen molar-refractivity contribution in [2.75, 3.05) is 0 Å². The Bertz CT molecular complexity index is 228. The van der Waals surface area contributed by atoms with Gasteiger partial charge >= 0.3 is 0 Å². The molecule has 0 N–H and O–H groups in total. The minimum atomic E-state index is 0.430. The molecule has 1 heterocycles. The number of hydrogen-bond donors (Lipinski definition) is 0. The summed E-state index contributed by atoms with van der Waals surface area (Å²) in [5.41, 5.74) is 0.632. The third-order valence-electron chi connectivity index (χ3n) is 0.967. The smallest absolute Gasteiger partial charge is 0.205 e.